The topological polar surface area (TPSA) is 35.5 Å². The molecule has 1 unspecified atom stereocenters. The van der Waals surface area contributed by atoms with Crippen LogP contribution >= 0.6 is 0 Å². The monoisotopic (exact) mass is 284 g/mol. The summed E-state index contributed by atoms with van der Waals surface area (Å²) >= 11 is 0. The average Bonchev–Trinajstić information content (AvgIpc) is 2.56. The lowest BCUT2D eigenvalue weighted by molar-refractivity contribution is -0.117. The fourth-order valence-corrected chi connectivity index (χ4v) is 2.44. The van der Waals surface area contributed by atoms with Gasteiger partial charge in [0.15, 0.2) is 12.1 Å². The van der Waals surface area contributed by atoms with Crippen molar-refractivity contribution in [3.05, 3.63) is 71.8 Å². The van der Waals surface area contributed by atoms with E-state index in [0.717, 1.165) is 5.56 Å². The minimum Gasteiger partial charge on any atom is -0.355 e. The van der Waals surface area contributed by atoms with Gasteiger partial charge in [0.2, 0.25) is 0 Å². The van der Waals surface area contributed by atoms with Gasteiger partial charge in [0.05, 0.1) is 0 Å². The van der Waals surface area contributed by atoms with Crippen molar-refractivity contribution in [3.63, 3.8) is 0 Å². The van der Waals surface area contributed by atoms with Gasteiger partial charge in [-0.05, 0) is 5.56 Å². The summed E-state index contributed by atoms with van der Waals surface area (Å²) in [5.74, 6) is -0.0440. The molecule has 2 aromatic carbocycles. The first kappa shape index (κ1) is 15.4. The number of carbonyl (C=O) groups excluding carboxylic acids is 1. The molecule has 110 valence electrons. The first-order chi connectivity index (χ1) is 10.3. The zero-order chi connectivity index (χ0) is 15.1. The van der Waals surface area contributed by atoms with Gasteiger partial charge in [-0.25, -0.2) is 0 Å². The first-order valence-corrected chi connectivity index (χ1v) is 6.95. The second-order valence-corrected chi connectivity index (χ2v) is 4.85. The van der Waals surface area contributed by atoms with Crippen LogP contribution in [0, 0.1) is 0 Å². The van der Waals surface area contributed by atoms with E-state index in [-0.39, 0.29) is 11.7 Å². The molecule has 3 nitrogen and oxygen atoms in total. The van der Waals surface area contributed by atoms with E-state index in [2.05, 4.69) is 0 Å². The molecular weight excluding hydrogens is 264 g/mol. The van der Waals surface area contributed by atoms with Crippen molar-refractivity contribution in [2.45, 2.75) is 18.6 Å². The number of hydrogen-bond donors (Lipinski definition) is 0. The van der Waals surface area contributed by atoms with E-state index in [0.29, 0.717) is 12.0 Å². The standard InChI is InChI=1S/C18H20O3/c1-20-18(21-2)16(14-9-5-3-6-10-14)13-17(19)15-11-7-4-8-12-15/h3-12,16,18H,13H2,1-2H3. The molecule has 0 heterocycles. The predicted molar refractivity (Wildman–Crippen MR) is 82.4 cm³/mol. The van der Waals surface area contributed by atoms with Gasteiger partial charge in [-0.3, -0.25) is 4.79 Å². The van der Waals surface area contributed by atoms with Gasteiger partial charge in [-0.1, -0.05) is 60.7 Å². The molecule has 0 radical (unpaired) electrons. The summed E-state index contributed by atoms with van der Waals surface area (Å²) in [5.41, 5.74) is 1.75. The van der Waals surface area contributed by atoms with Gasteiger partial charge >= 0.3 is 0 Å². The Morgan fingerprint density at radius 3 is 1.95 bits per heavy atom. The van der Waals surface area contributed by atoms with E-state index >= 15 is 0 Å². The first-order valence-electron chi connectivity index (χ1n) is 6.95. The molecule has 2 aromatic rings. The molecule has 0 spiro atoms. The lowest BCUT2D eigenvalue weighted by Gasteiger charge is -2.24. The number of carbonyl (C=O) groups is 1. The molecule has 0 saturated heterocycles. The second kappa shape index (κ2) is 7.72. The molecule has 0 bridgehead atoms. The maximum absolute atomic E-state index is 12.5. The zero-order valence-corrected chi connectivity index (χ0v) is 12.4. The lowest BCUT2D eigenvalue weighted by Crippen LogP contribution is -2.25. The van der Waals surface area contributed by atoms with E-state index in [1.807, 2.05) is 60.7 Å². The normalized spacial score (nSPS) is 12.3. The zero-order valence-electron chi connectivity index (χ0n) is 12.4. The number of hydrogen-bond acceptors (Lipinski definition) is 3. The summed E-state index contributed by atoms with van der Waals surface area (Å²) in [7, 11) is 3.19. The van der Waals surface area contributed by atoms with Crippen molar-refractivity contribution in [2.75, 3.05) is 14.2 Å². The van der Waals surface area contributed by atoms with Crippen molar-refractivity contribution >= 4 is 5.78 Å². The van der Waals surface area contributed by atoms with Gasteiger partial charge in [-0.15, -0.1) is 0 Å². The minimum absolute atomic E-state index is 0.0866. The van der Waals surface area contributed by atoms with Crippen LogP contribution in [-0.2, 0) is 9.47 Å². The van der Waals surface area contributed by atoms with E-state index in [1.54, 1.807) is 14.2 Å². The summed E-state index contributed by atoms with van der Waals surface area (Å²) < 4.78 is 10.8. The fraction of sp³-hybridized carbons (Fsp3) is 0.278. The van der Waals surface area contributed by atoms with Gasteiger partial charge < -0.3 is 9.47 Å². The lowest BCUT2D eigenvalue weighted by atomic mass is 9.91. The van der Waals surface area contributed by atoms with Crippen molar-refractivity contribution in [1.82, 2.24) is 0 Å². The maximum Gasteiger partial charge on any atom is 0.164 e. The number of rotatable bonds is 7. The molecule has 0 saturated carbocycles. The molecule has 0 N–H and O–H groups in total. The average molecular weight is 284 g/mol. The summed E-state index contributed by atoms with van der Waals surface area (Å²) in [6.07, 6.45) is -0.0968. The van der Waals surface area contributed by atoms with Crippen molar-refractivity contribution < 1.29 is 14.3 Å². The number of Topliss-reactive ketones (excluding diaryl/α,β-unsaturated/α-hetero) is 1. The van der Waals surface area contributed by atoms with Crippen LogP contribution in [-0.4, -0.2) is 26.3 Å². The molecule has 0 aliphatic carbocycles. The van der Waals surface area contributed by atoms with Crippen LogP contribution in [0.3, 0.4) is 0 Å². The van der Waals surface area contributed by atoms with Crippen molar-refractivity contribution in [2.24, 2.45) is 0 Å². The Hall–Kier alpha value is -1.97. The SMILES string of the molecule is COC(OC)C(CC(=O)c1ccccc1)c1ccccc1. The summed E-state index contributed by atoms with van der Waals surface area (Å²) in [6, 6.07) is 19.2. The molecule has 0 amide bonds. The van der Waals surface area contributed by atoms with Crippen LogP contribution < -0.4 is 0 Å². The smallest absolute Gasteiger partial charge is 0.164 e. The van der Waals surface area contributed by atoms with Gasteiger partial charge in [0.1, 0.15) is 0 Å². The molecule has 0 aliphatic heterocycles. The van der Waals surface area contributed by atoms with Crippen LogP contribution in [0.5, 0.6) is 0 Å². The van der Waals surface area contributed by atoms with E-state index in [1.165, 1.54) is 0 Å². The van der Waals surface area contributed by atoms with Gasteiger partial charge in [-0.2, -0.15) is 0 Å². The number of benzene rings is 2. The highest BCUT2D eigenvalue weighted by Gasteiger charge is 2.26. The highest BCUT2D eigenvalue weighted by atomic mass is 16.7. The molecule has 3 heteroatoms. The third-order valence-corrected chi connectivity index (χ3v) is 3.52. The molecule has 1 atom stereocenters. The molecule has 0 aromatic heterocycles. The van der Waals surface area contributed by atoms with E-state index in [4.69, 9.17) is 9.47 Å². The quantitative estimate of drug-likeness (QED) is 0.575. The second-order valence-electron chi connectivity index (χ2n) is 4.85. The summed E-state index contributed by atoms with van der Waals surface area (Å²) in [5, 5.41) is 0. The third kappa shape index (κ3) is 4.00. The highest BCUT2D eigenvalue weighted by molar-refractivity contribution is 5.96. The molecular formula is C18H20O3. The van der Waals surface area contributed by atoms with E-state index in [9.17, 15) is 4.79 Å². The Bertz CT molecular complexity index is 547. The fourth-order valence-electron chi connectivity index (χ4n) is 2.44. The maximum atomic E-state index is 12.5. The van der Waals surface area contributed by atoms with Crippen LogP contribution in [0.2, 0.25) is 0 Å². The van der Waals surface area contributed by atoms with Gasteiger partial charge in [0.25, 0.3) is 0 Å². The predicted octanol–water partition coefficient (Wildman–Crippen LogP) is 3.66. The Morgan fingerprint density at radius 1 is 0.905 bits per heavy atom. The molecule has 21 heavy (non-hydrogen) atoms. The Labute approximate surface area is 125 Å². The van der Waals surface area contributed by atoms with Crippen molar-refractivity contribution in [1.29, 1.82) is 0 Å². The van der Waals surface area contributed by atoms with Crippen LogP contribution in [0.15, 0.2) is 60.7 Å². The third-order valence-electron chi connectivity index (χ3n) is 3.52. The Balaban J connectivity index is 2.22. The number of ketones is 1. The largest absolute Gasteiger partial charge is 0.355 e. The number of ether oxygens (including phenoxy) is 2. The van der Waals surface area contributed by atoms with Crippen molar-refractivity contribution in [3.8, 4) is 0 Å². The van der Waals surface area contributed by atoms with Gasteiger partial charge in [0, 0.05) is 32.1 Å². The van der Waals surface area contributed by atoms with Crippen LogP contribution in [0.4, 0.5) is 0 Å². The molecule has 0 fully saturated rings. The van der Waals surface area contributed by atoms with E-state index < -0.39 is 6.29 Å². The summed E-state index contributed by atoms with van der Waals surface area (Å²) in [6.45, 7) is 0. The minimum atomic E-state index is -0.444. The Kier molecular flexibility index (Phi) is 5.67. The van der Waals surface area contributed by atoms with Crippen LogP contribution in [0.1, 0.15) is 28.3 Å². The van der Waals surface area contributed by atoms with Crippen LogP contribution in [0.25, 0.3) is 0 Å². The molecule has 2 rings (SSSR count). The number of methoxy groups -OCH3 is 2. The molecule has 0 aliphatic rings. The Morgan fingerprint density at radius 2 is 1.43 bits per heavy atom. The summed E-state index contributed by atoms with van der Waals surface area (Å²) in [4.78, 5) is 12.5. The highest BCUT2D eigenvalue weighted by Crippen LogP contribution is 2.27.